The average Bonchev–Trinajstić information content (AvgIpc) is 2.63. The van der Waals surface area contributed by atoms with E-state index in [1.165, 1.54) is 17.7 Å². The molecule has 0 aromatic heterocycles. The highest BCUT2D eigenvalue weighted by Crippen LogP contribution is 2.33. The lowest BCUT2D eigenvalue weighted by molar-refractivity contribution is -0.141. The van der Waals surface area contributed by atoms with Crippen LogP contribution in [-0.2, 0) is 14.4 Å². The monoisotopic (exact) mass is 313 g/mol. The van der Waals surface area contributed by atoms with Gasteiger partial charge < -0.3 is 5.11 Å². The summed E-state index contributed by atoms with van der Waals surface area (Å²) in [6.07, 6.45) is 6.86. The minimum absolute atomic E-state index is 0.0306. The highest BCUT2D eigenvalue weighted by molar-refractivity contribution is 8.01. The van der Waals surface area contributed by atoms with Crippen molar-refractivity contribution in [1.82, 2.24) is 4.90 Å². The van der Waals surface area contributed by atoms with Gasteiger partial charge in [0.05, 0.1) is 5.25 Å². The van der Waals surface area contributed by atoms with Crippen LogP contribution in [0.15, 0.2) is 0 Å². The quantitative estimate of drug-likeness (QED) is 0.623. The van der Waals surface area contributed by atoms with Gasteiger partial charge in [0.1, 0.15) is 5.25 Å². The number of hydrogen-bond acceptors (Lipinski definition) is 4. The zero-order valence-electron chi connectivity index (χ0n) is 12.4. The molecule has 2 fully saturated rings. The van der Waals surface area contributed by atoms with Crippen LogP contribution in [0.4, 0.5) is 0 Å². The Bertz CT molecular complexity index is 418. The number of aliphatic carboxylic acids is 1. The van der Waals surface area contributed by atoms with E-state index in [2.05, 4.69) is 0 Å². The van der Waals surface area contributed by atoms with Crippen LogP contribution >= 0.6 is 11.8 Å². The molecular weight excluding hydrogens is 290 g/mol. The third-order valence-corrected chi connectivity index (χ3v) is 5.87. The molecule has 0 aromatic carbocycles. The summed E-state index contributed by atoms with van der Waals surface area (Å²) in [5.41, 5.74) is 0. The Balaban J connectivity index is 2.03. The van der Waals surface area contributed by atoms with E-state index in [0.717, 1.165) is 37.4 Å². The van der Waals surface area contributed by atoms with Gasteiger partial charge in [0, 0.05) is 12.5 Å². The van der Waals surface area contributed by atoms with Crippen molar-refractivity contribution in [3.05, 3.63) is 0 Å². The maximum atomic E-state index is 12.5. The molecule has 2 amide bonds. The normalized spacial score (nSPS) is 26.0. The lowest BCUT2D eigenvalue weighted by Crippen LogP contribution is -2.40. The molecule has 0 bridgehead atoms. The molecule has 0 radical (unpaired) electrons. The number of thioether (sulfide) groups is 1. The predicted octanol–water partition coefficient (Wildman–Crippen LogP) is 2.43. The van der Waals surface area contributed by atoms with Gasteiger partial charge in [-0.15, -0.1) is 11.8 Å². The van der Waals surface area contributed by atoms with Gasteiger partial charge in [-0.05, 0) is 19.3 Å². The first-order valence-corrected chi connectivity index (χ1v) is 8.73. The first-order chi connectivity index (χ1) is 10.0. The predicted molar refractivity (Wildman–Crippen MR) is 81.1 cm³/mol. The fraction of sp³-hybridized carbons (Fsp3) is 0.800. The van der Waals surface area contributed by atoms with Crippen molar-refractivity contribution in [3.63, 3.8) is 0 Å². The maximum absolute atomic E-state index is 12.5. The second-order valence-corrected chi connectivity index (χ2v) is 7.22. The Morgan fingerprint density at radius 1 is 1.29 bits per heavy atom. The van der Waals surface area contributed by atoms with E-state index in [0.29, 0.717) is 6.42 Å². The van der Waals surface area contributed by atoms with Gasteiger partial charge in [-0.25, -0.2) is 0 Å². The van der Waals surface area contributed by atoms with Crippen LogP contribution in [0.5, 0.6) is 0 Å². The van der Waals surface area contributed by atoms with E-state index >= 15 is 0 Å². The number of amides is 2. The van der Waals surface area contributed by atoms with Gasteiger partial charge in [-0.2, -0.15) is 0 Å². The van der Waals surface area contributed by atoms with Crippen molar-refractivity contribution in [2.75, 3.05) is 0 Å². The van der Waals surface area contributed by atoms with Crippen molar-refractivity contribution < 1.29 is 19.5 Å². The molecule has 1 saturated heterocycles. The highest BCUT2D eigenvalue weighted by Gasteiger charge is 2.43. The fourth-order valence-electron chi connectivity index (χ4n) is 3.16. The van der Waals surface area contributed by atoms with Gasteiger partial charge in [0.2, 0.25) is 11.8 Å². The van der Waals surface area contributed by atoms with Crippen LogP contribution in [0, 0.1) is 0 Å². The SMILES string of the molecule is CCC(SC1CC(=O)N(C2CCCCCC2)C1=O)C(=O)O. The summed E-state index contributed by atoms with van der Waals surface area (Å²) >= 11 is 1.13. The van der Waals surface area contributed by atoms with Crippen LogP contribution in [0.2, 0.25) is 0 Å². The minimum atomic E-state index is -0.907. The summed E-state index contributed by atoms with van der Waals surface area (Å²) in [5, 5.41) is 7.98. The lowest BCUT2D eigenvalue weighted by Gasteiger charge is -2.25. The van der Waals surface area contributed by atoms with E-state index in [9.17, 15) is 14.4 Å². The Morgan fingerprint density at radius 3 is 2.43 bits per heavy atom. The zero-order valence-corrected chi connectivity index (χ0v) is 13.2. The molecule has 1 heterocycles. The summed E-state index contributed by atoms with van der Waals surface area (Å²) in [4.78, 5) is 37.2. The Labute approximate surface area is 129 Å². The van der Waals surface area contributed by atoms with Gasteiger partial charge >= 0.3 is 5.97 Å². The summed E-state index contributed by atoms with van der Waals surface area (Å²) in [5.74, 6) is -1.20. The number of carboxylic acids is 1. The molecule has 1 N–H and O–H groups in total. The molecule has 5 nitrogen and oxygen atoms in total. The van der Waals surface area contributed by atoms with E-state index < -0.39 is 16.5 Å². The van der Waals surface area contributed by atoms with Crippen LogP contribution in [0.3, 0.4) is 0 Å². The van der Waals surface area contributed by atoms with Gasteiger partial charge in [-0.3, -0.25) is 19.3 Å². The average molecular weight is 313 g/mol. The van der Waals surface area contributed by atoms with E-state index in [1.54, 1.807) is 6.92 Å². The summed E-state index contributed by atoms with van der Waals surface area (Å²) in [7, 11) is 0. The molecule has 118 valence electrons. The van der Waals surface area contributed by atoms with E-state index in [4.69, 9.17) is 5.11 Å². The van der Waals surface area contributed by atoms with Crippen LogP contribution in [0.1, 0.15) is 58.3 Å². The summed E-state index contributed by atoms with van der Waals surface area (Å²) in [6.45, 7) is 1.79. The second-order valence-electron chi connectivity index (χ2n) is 5.81. The van der Waals surface area contributed by atoms with Crippen LogP contribution in [0.25, 0.3) is 0 Å². The zero-order chi connectivity index (χ0) is 15.4. The molecule has 1 saturated carbocycles. The maximum Gasteiger partial charge on any atom is 0.316 e. The van der Waals surface area contributed by atoms with Crippen LogP contribution in [-0.4, -0.2) is 44.3 Å². The number of carbonyl (C=O) groups excluding carboxylic acids is 2. The molecule has 0 spiro atoms. The van der Waals surface area contributed by atoms with Gasteiger partial charge in [0.15, 0.2) is 0 Å². The highest BCUT2D eigenvalue weighted by atomic mass is 32.2. The first kappa shape index (κ1) is 16.3. The molecule has 6 heteroatoms. The van der Waals surface area contributed by atoms with Crippen molar-refractivity contribution in [2.45, 2.75) is 74.8 Å². The van der Waals surface area contributed by atoms with Crippen LogP contribution < -0.4 is 0 Å². The minimum Gasteiger partial charge on any atom is -0.480 e. The first-order valence-electron chi connectivity index (χ1n) is 7.78. The standard InChI is InChI=1S/C15H23NO4S/c1-2-11(15(19)20)21-12-9-13(17)16(14(12)18)10-7-5-3-4-6-8-10/h10-12H,2-9H2,1H3,(H,19,20). The van der Waals surface area contributed by atoms with Crippen molar-refractivity contribution in [1.29, 1.82) is 0 Å². The number of carboxylic acid groups (broad SMARTS) is 1. The number of hydrogen-bond donors (Lipinski definition) is 1. The topological polar surface area (TPSA) is 74.7 Å². The molecule has 1 aliphatic carbocycles. The molecule has 2 unspecified atom stereocenters. The number of rotatable bonds is 5. The Hall–Kier alpha value is -1.04. The molecule has 2 atom stereocenters. The summed E-state index contributed by atoms with van der Waals surface area (Å²) in [6, 6.07) is 0.0306. The van der Waals surface area contributed by atoms with Gasteiger partial charge in [-0.1, -0.05) is 32.6 Å². The number of carbonyl (C=O) groups is 3. The molecule has 21 heavy (non-hydrogen) atoms. The fourth-order valence-corrected chi connectivity index (χ4v) is 4.33. The molecule has 1 aliphatic heterocycles. The molecular formula is C15H23NO4S. The molecule has 0 aromatic rings. The number of likely N-dealkylation sites (tertiary alicyclic amines) is 1. The van der Waals surface area contributed by atoms with E-state index in [-0.39, 0.29) is 24.3 Å². The van der Waals surface area contributed by atoms with Crippen molar-refractivity contribution in [3.8, 4) is 0 Å². The Kier molecular flexibility index (Phi) is 5.67. The molecule has 2 rings (SSSR count). The van der Waals surface area contributed by atoms with Gasteiger partial charge in [0.25, 0.3) is 0 Å². The summed E-state index contributed by atoms with van der Waals surface area (Å²) < 4.78 is 0. The van der Waals surface area contributed by atoms with Crippen molar-refractivity contribution >= 4 is 29.5 Å². The molecule has 2 aliphatic rings. The number of nitrogens with zero attached hydrogens (tertiary/aromatic N) is 1. The third-order valence-electron chi connectivity index (χ3n) is 4.31. The largest absolute Gasteiger partial charge is 0.480 e. The number of imide groups is 1. The second kappa shape index (κ2) is 7.29. The van der Waals surface area contributed by atoms with Crippen molar-refractivity contribution in [2.24, 2.45) is 0 Å². The lowest BCUT2D eigenvalue weighted by atomic mass is 10.1. The Morgan fingerprint density at radius 2 is 1.90 bits per heavy atom. The van der Waals surface area contributed by atoms with E-state index in [1.807, 2.05) is 0 Å². The smallest absolute Gasteiger partial charge is 0.316 e. The third kappa shape index (κ3) is 3.78.